The molecule has 1 aromatic carbocycles. The normalized spacial score (nSPS) is 15.7. The van der Waals surface area contributed by atoms with Crippen molar-refractivity contribution in [1.29, 1.82) is 0 Å². The second-order valence-electron chi connectivity index (χ2n) is 6.12. The van der Waals surface area contributed by atoms with Crippen molar-refractivity contribution in [2.45, 2.75) is 30.6 Å². The van der Waals surface area contributed by atoms with Crippen LogP contribution in [0.3, 0.4) is 0 Å². The standard InChI is InChI=1S/C18H23N3O2S2.ClH/c22-25(23,20-18-19-11-15-24-18)17-9-7-16(8-10-17)6-2-5-14-21-12-3-1-4-13-21;/h2,5,7-11,15H,1,3-4,6,12-14H2,(H,19,20);1H/b5-2+;. The van der Waals surface area contributed by atoms with Gasteiger partial charge in [0.1, 0.15) is 0 Å². The van der Waals surface area contributed by atoms with Crippen molar-refractivity contribution in [3.63, 3.8) is 0 Å². The maximum atomic E-state index is 12.3. The molecule has 2 aromatic rings. The SMILES string of the molecule is Cl.O=S(=O)(Nc1nccs1)c1ccc(C/C=C/CN2CCCCC2)cc1. The second kappa shape index (κ2) is 10.1. The number of sulfonamides is 1. The third-order valence-corrected chi connectivity index (χ3v) is 6.39. The third kappa shape index (κ3) is 6.09. The molecule has 3 rings (SSSR count). The molecule has 5 nitrogen and oxygen atoms in total. The van der Waals surface area contributed by atoms with Crippen molar-refractivity contribution >= 4 is 38.9 Å². The van der Waals surface area contributed by atoms with E-state index in [1.165, 1.54) is 43.7 Å². The van der Waals surface area contributed by atoms with Crippen LogP contribution >= 0.6 is 23.7 Å². The molecule has 0 unspecified atom stereocenters. The summed E-state index contributed by atoms with van der Waals surface area (Å²) in [7, 11) is -3.57. The maximum Gasteiger partial charge on any atom is 0.263 e. The average molecular weight is 414 g/mol. The molecule has 1 fully saturated rings. The number of hydrogen-bond donors (Lipinski definition) is 1. The lowest BCUT2D eigenvalue weighted by molar-refractivity contribution is 0.251. The lowest BCUT2D eigenvalue weighted by Gasteiger charge is -2.24. The lowest BCUT2D eigenvalue weighted by atomic mass is 10.1. The number of nitrogens with one attached hydrogen (secondary N) is 1. The van der Waals surface area contributed by atoms with Gasteiger partial charge in [-0.3, -0.25) is 9.62 Å². The van der Waals surface area contributed by atoms with Crippen molar-refractivity contribution in [2.75, 3.05) is 24.4 Å². The molecule has 1 saturated heterocycles. The first-order valence-electron chi connectivity index (χ1n) is 8.52. The van der Waals surface area contributed by atoms with Gasteiger partial charge >= 0.3 is 0 Å². The van der Waals surface area contributed by atoms with E-state index in [1.807, 2.05) is 12.1 Å². The first kappa shape index (κ1) is 20.9. The molecule has 0 bridgehead atoms. The minimum atomic E-state index is -3.57. The van der Waals surface area contributed by atoms with E-state index in [1.54, 1.807) is 23.7 Å². The molecule has 1 aliphatic heterocycles. The number of nitrogens with zero attached hydrogens (tertiary/aromatic N) is 2. The van der Waals surface area contributed by atoms with Gasteiger partial charge in [-0.2, -0.15) is 0 Å². The van der Waals surface area contributed by atoms with E-state index < -0.39 is 10.0 Å². The number of halogens is 1. The topological polar surface area (TPSA) is 62.3 Å². The number of anilines is 1. The molecule has 0 amide bonds. The zero-order valence-electron chi connectivity index (χ0n) is 14.5. The lowest BCUT2D eigenvalue weighted by Crippen LogP contribution is -2.29. The Morgan fingerprint density at radius 2 is 1.85 bits per heavy atom. The average Bonchev–Trinajstić information content (AvgIpc) is 3.12. The number of benzene rings is 1. The molecule has 0 atom stereocenters. The van der Waals surface area contributed by atoms with Crippen molar-refractivity contribution in [2.24, 2.45) is 0 Å². The molecule has 1 aliphatic rings. The van der Waals surface area contributed by atoms with Gasteiger partial charge in [-0.25, -0.2) is 13.4 Å². The molecule has 1 N–H and O–H groups in total. The van der Waals surface area contributed by atoms with Crippen molar-refractivity contribution < 1.29 is 8.42 Å². The molecule has 1 aromatic heterocycles. The van der Waals surface area contributed by atoms with Gasteiger partial charge in [0.15, 0.2) is 5.13 Å². The van der Waals surface area contributed by atoms with Crippen LogP contribution in [0.4, 0.5) is 5.13 Å². The zero-order chi connectivity index (χ0) is 17.5. The van der Waals surface area contributed by atoms with E-state index in [2.05, 4.69) is 26.8 Å². The molecule has 0 spiro atoms. The summed E-state index contributed by atoms with van der Waals surface area (Å²) < 4.78 is 27.0. The molecular weight excluding hydrogens is 390 g/mol. The van der Waals surface area contributed by atoms with Crippen LogP contribution in [0, 0.1) is 0 Å². The summed E-state index contributed by atoms with van der Waals surface area (Å²) in [6.07, 6.45) is 10.7. The monoisotopic (exact) mass is 413 g/mol. The number of piperidine rings is 1. The van der Waals surface area contributed by atoms with Crippen LogP contribution in [-0.4, -0.2) is 37.9 Å². The number of aromatic nitrogens is 1. The van der Waals surface area contributed by atoms with Crippen LogP contribution in [0.25, 0.3) is 0 Å². The molecule has 2 heterocycles. The van der Waals surface area contributed by atoms with E-state index >= 15 is 0 Å². The van der Waals surface area contributed by atoms with Crippen LogP contribution in [0.5, 0.6) is 0 Å². The van der Waals surface area contributed by atoms with E-state index in [0.29, 0.717) is 5.13 Å². The van der Waals surface area contributed by atoms with Crippen LogP contribution in [0.15, 0.2) is 52.9 Å². The number of thiazole rings is 1. The molecule has 0 aliphatic carbocycles. The Morgan fingerprint density at radius 3 is 2.50 bits per heavy atom. The number of allylic oxidation sites excluding steroid dienone is 1. The fourth-order valence-electron chi connectivity index (χ4n) is 2.84. The zero-order valence-corrected chi connectivity index (χ0v) is 17.0. The Labute approximate surface area is 165 Å². The Kier molecular flexibility index (Phi) is 8.09. The highest BCUT2D eigenvalue weighted by Gasteiger charge is 2.15. The van der Waals surface area contributed by atoms with Gasteiger partial charge in [-0.05, 0) is 50.0 Å². The highest BCUT2D eigenvalue weighted by atomic mass is 35.5. The van der Waals surface area contributed by atoms with Crippen molar-refractivity contribution in [1.82, 2.24) is 9.88 Å². The molecule has 0 saturated carbocycles. The van der Waals surface area contributed by atoms with Crippen molar-refractivity contribution in [3.05, 3.63) is 53.6 Å². The summed E-state index contributed by atoms with van der Waals surface area (Å²) in [5, 5.41) is 2.11. The van der Waals surface area contributed by atoms with E-state index in [4.69, 9.17) is 0 Å². The number of rotatable bonds is 7. The minimum absolute atomic E-state index is 0. The summed E-state index contributed by atoms with van der Waals surface area (Å²) in [6, 6.07) is 7.01. The summed E-state index contributed by atoms with van der Waals surface area (Å²) in [6.45, 7) is 3.40. The maximum absolute atomic E-state index is 12.3. The van der Waals surface area contributed by atoms with Gasteiger partial charge in [-0.1, -0.05) is 30.7 Å². The number of likely N-dealkylation sites (tertiary alicyclic amines) is 1. The Balaban J connectivity index is 0.00000243. The highest BCUT2D eigenvalue weighted by Crippen LogP contribution is 2.18. The summed E-state index contributed by atoms with van der Waals surface area (Å²) in [5.74, 6) is 0. The third-order valence-electron chi connectivity index (χ3n) is 4.22. The quantitative estimate of drug-likeness (QED) is 0.698. The van der Waals surface area contributed by atoms with E-state index in [9.17, 15) is 8.42 Å². The fourth-order valence-corrected chi connectivity index (χ4v) is 4.63. The summed E-state index contributed by atoms with van der Waals surface area (Å²) in [4.78, 5) is 6.67. The molecule has 26 heavy (non-hydrogen) atoms. The highest BCUT2D eigenvalue weighted by molar-refractivity contribution is 7.93. The van der Waals surface area contributed by atoms with E-state index in [0.717, 1.165) is 18.5 Å². The van der Waals surface area contributed by atoms with Crippen molar-refractivity contribution in [3.8, 4) is 0 Å². The smallest absolute Gasteiger partial charge is 0.263 e. The molecular formula is C18H24ClN3O2S2. The summed E-state index contributed by atoms with van der Waals surface area (Å²) >= 11 is 1.26. The molecule has 0 radical (unpaired) electrons. The van der Waals surface area contributed by atoms with Gasteiger partial charge in [0, 0.05) is 18.1 Å². The van der Waals surface area contributed by atoms with Gasteiger partial charge in [-0.15, -0.1) is 23.7 Å². The van der Waals surface area contributed by atoms with Crippen LogP contribution in [0.2, 0.25) is 0 Å². The minimum Gasteiger partial charge on any atom is -0.300 e. The Morgan fingerprint density at radius 1 is 1.12 bits per heavy atom. The van der Waals surface area contributed by atoms with Gasteiger partial charge in [0.25, 0.3) is 10.0 Å². The predicted molar refractivity (Wildman–Crippen MR) is 110 cm³/mol. The number of hydrogen-bond acceptors (Lipinski definition) is 5. The van der Waals surface area contributed by atoms with Crippen LogP contribution < -0.4 is 4.72 Å². The largest absolute Gasteiger partial charge is 0.300 e. The van der Waals surface area contributed by atoms with E-state index in [-0.39, 0.29) is 17.3 Å². The Hall–Kier alpha value is -1.41. The molecule has 8 heteroatoms. The predicted octanol–water partition coefficient (Wildman–Crippen LogP) is 3.95. The fraction of sp³-hybridized carbons (Fsp3) is 0.389. The van der Waals surface area contributed by atoms with Crippen LogP contribution in [0.1, 0.15) is 24.8 Å². The van der Waals surface area contributed by atoms with Gasteiger partial charge < -0.3 is 0 Å². The second-order valence-corrected chi connectivity index (χ2v) is 8.70. The van der Waals surface area contributed by atoms with Gasteiger partial charge in [0.05, 0.1) is 4.90 Å². The molecule has 142 valence electrons. The first-order chi connectivity index (χ1) is 12.1. The first-order valence-corrected chi connectivity index (χ1v) is 10.9. The van der Waals surface area contributed by atoms with Crippen LogP contribution in [-0.2, 0) is 16.4 Å². The Bertz CT molecular complexity index is 784. The van der Waals surface area contributed by atoms with Gasteiger partial charge in [0.2, 0.25) is 0 Å². The summed E-state index contributed by atoms with van der Waals surface area (Å²) in [5.41, 5.74) is 1.10.